The van der Waals surface area contributed by atoms with E-state index in [1.807, 2.05) is 24.3 Å². The van der Waals surface area contributed by atoms with E-state index < -0.39 is 5.97 Å². The maximum atomic E-state index is 10.5. The number of aliphatic carboxylic acids is 1. The van der Waals surface area contributed by atoms with Crippen molar-refractivity contribution in [2.75, 3.05) is 0 Å². The molecule has 0 amide bonds. The van der Waals surface area contributed by atoms with Gasteiger partial charge in [0.25, 0.3) is 0 Å². The lowest BCUT2D eigenvalue weighted by atomic mass is 9.86. The number of unbranched alkanes of at least 4 members (excludes halogenated alkanes) is 1. The number of carboxylic acid groups (broad SMARTS) is 1. The number of benzene rings is 1. The number of hydrogen-bond donors (Lipinski definition) is 3. The number of rotatable bonds is 12. The van der Waals surface area contributed by atoms with Gasteiger partial charge in [-0.15, -0.1) is 0 Å². The second-order valence-electron chi connectivity index (χ2n) is 7.96. The normalized spacial score (nSPS) is 23.3. The minimum Gasteiger partial charge on any atom is -0.481 e. The summed E-state index contributed by atoms with van der Waals surface area (Å²) in [6.45, 7) is 0. The Morgan fingerprint density at radius 1 is 1.25 bits per heavy atom. The van der Waals surface area contributed by atoms with Crippen molar-refractivity contribution < 1.29 is 20.1 Å². The molecular weight excluding hydrogens is 376 g/mol. The summed E-state index contributed by atoms with van der Waals surface area (Å²) < 4.78 is 0. The summed E-state index contributed by atoms with van der Waals surface area (Å²) >= 11 is 6.00. The lowest BCUT2D eigenvalue weighted by Crippen LogP contribution is -2.21. The van der Waals surface area contributed by atoms with Gasteiger partial charge in [0.1, 0.15) is 0 Å². The molecule has 0 aliphatic heterocycles. The van der Waals surface area contributed by atoms with E-state index in [4.69, 9.17) is 16.7 Å². The predicted octanol–water partition coefficient (Wildman–Crippen LogP) is 5.00. The van der Waals surface area contributed by atoms with Crippen molar-refractivity contribution in [3.63, 3.8) is 0 Å². The van der Waals surface area contributed by atoms with Gasteiger partial charge in [0.05, 0.1) is 12.2 Å². The van der Waals surface area contributed by atoms with Crippen LogP contribution in [0.3, 0.4) is 0 Å². The van der Waals surface area contributed by atoms with Crippen molar-refractivity contribution in [3.05, 3.63) is 47.0 Å². The molecule has 4 atom stereocenters. The van der Waals surface area contributed by atoms with Crippen LogP contribution in [0.5, 0.6) is 0 Å². The highest BCUT2D eigenvalue weighted by Gasteiger charge is 2.33. The van der Waals surface area contributed by atoms with Gasteiger partial charge in [0.15, 0.2) is 0 Å². The van der Waals surface area contributed by atoms with Gasteiger partial charge in [-0.05, 0) is 87.3 Å². The molecule has 1 fully saturated rings. The Kier molecular flexibility index (Phi) is 10.0. The molecule has 1 aromatic carbocycles. The highest BCUT2D eigenvalue weighted by molar-refractivity contribution is 6.30. The van der Waals surface area contributed by atoms with Crippen LogP contribution in [0.1, 0.15) is 63.4 Å². The molecule has 5 heteroatoms. The number of carboxylic acids is 1. The summed E-state index contributed by atoms with van der Waals surface area (Å²) in [5.74, 6) is -0.0587. The predicted molar refractivity (Wildman–Crippen MR) is 112 cm³/mol. The van der Waals surface area contributed by atoms with E-state index in [-0.39, 0.29) is 24.5 Å². The van der Waals surface area contributed by atoms with Crippen LogP contribution in [-0.4, -0.2) is 33.5 Å². The van der Waals surface area contributed by atoms with Crippen LogP contribution in [0.25, 0.3) is 0 Å². The number of aryl methyl sites for hydroxylation is 1. The minimum absolute atomic E-state index is 0.210. The summed E-state index contributed by atoms with van der Waals surface area (Å²) in [4.78, 5) is 10.5. The molecule has 0 heterocycles. The highest BCUT2D eigenvalue weighted by Crippen LogP contribution is 2.38. The van der Waals surface area contributed by atoms with E-state index in [2.05, 4.69) is 12.2 Å². The third-order valence-corrected chi connectivity index (χ3v) is 6.02. The summed E-state index contributed by atoms with van der Waals surface area (Å²) in [5, 5.41) is 30.1. The zero-order valence-electron chi connectivity index (χ0n) is 16.5. The average Bonchev–Trinajstić information content (AvgIpc) is 3.00. The molecule has 0 spiro atoms. The summed E-state index contributed by atoms with van der Waals surface area (Å²) in [5.41, 5.74) is 1.14. The molecule has 0 unspecified atom stereocenters. The topological polar surface area (TPSA) is 77.8 Å². The first-order valence-corrected chi connectivity index (χ1v) is 10.8. The summed E-state index contributed by atoms with van der Waals surface area (Å²) in [7, 11) is 0. The van der Waals surface area contributed by atoms with Gasteiger partial charge in [-0.3, -0.25) is 4.79 Å². The maximum Gasteiger partial charge on any atom is 0.303 e. The standard InChI is InChI=1S/C23H33ClO4/c24-19-8-5-6-17(16-19)10-12-20(25)13-14-21-18(11-15-22(21)26)7-3-1-2-4-9-23(27)28/h1,3,5-6,8,16,18,20-22,25-26H,2,4,7,9-15H2,(H,27,28)/t18-,20-,21+,22+/m0/s1. The van der Waals surface area contributed by atoms with Gasteiger partial charge in [-0.25, -0.2) is 0 Å². The molecule has 156 valence electrons. The molecule has 2 rings (SSSR count). The zero-order valence-corrected chi connectivity index (χ0v) is 17.2. The average molecular weight is 409 g/mol. The number of aliphatic hydroxyl groups excluding tert-OH is 2. The Morgan fingerprint density at radius 2 is 2.07 bits per heavy atom. The molecule has 0 bridgehead atoms. The van der Waals surface area contributed by atoms with Crippen molar-refractivity contribution in [2.24, 2.45) is 11.8 Å². The fraction of sp³-hybridized carbons (Fsp3) is 0.609. The van der Waals surface area contributed by atoms with E-state index in [1.165, 1.54) is 0 Å². The van der Waals surface area contributed by atoms with Gasteiger partial charge in [0, 0.05) is 11.4 Å². The van der Waals surface area contributed by atoms with Crippen LogP contribution >= 0.6 is 11.6 Å². The second-order valence-corrected chi connectivity index (χ2v) is 8.40. The Labute approximate surface area is 173 Å². The van der Waals surface area contributed by atoms with Gasteiger partial charge in [0.2, 0.25) is 0 Å². The summed E-state index contributed by atoms with van der Waals surface area (Å²) in [6, 6.07) is 7.74. The lowest BCUT2D eigenvalue weighted by molar-refractivity contribution is -0.137. The molecule has 1 aliphatic carbocycles. The van der Waals surface area contributed by atoms with E-state index >= 15 is 0 Å². The van der Waals surface area contributed by atoms with Crippen LogP contribution in [-0.2, 0) is 11.2 Å². The number of carbonyl (C=O) groups is 1. The van der Waals surface area contributed by atoms with Gasteiger partial charge < -0.3 is 15.3 Å². The van der Waals surface area contributed by atoms with Crippen LogP contribution in [0.15, 0.2) is 36.4 Å². The molecule has 1 aromatic rings. The van der Waals surface area contributed by atoms with Gasteiger partial charge in [-0.1, -0.05) is 35.9 Å². The first-order chi connectivity index (χ1) is 13.5. The molecule has 4 nitrogen and oxygen atoms in total. The van der Waals surface area contributed by atoms with E-state index in [0.717, 1.165) is 49.1 Å². The fourth-order valence-electron chi connectivity index (χ4n) is 4.16. The highest BCUT2D eigenvalue weighted by atomic mass is 35.5. The second kappa shape index (κ2) is 12.3. The largest absolute Gasteiger partial charge is 0.481 e. The van der Waals surface area contributed by atoms with Gasteiger partial charge >= 0.3 is 5.97 Å². The first-order valence-electron chi connectivity index (χ1n) is 10.4. The molecular formula is C23H33ClO4. The van der Waals surface area contributed by atoms with E-state index in [0.29, 0.717) is 25.2 Å². The summed E-state index contributed by atoms with van der Waals surface area (Å²) in [6.07, 6.45) is 11.1. The minimum atomic E-state index is -0.749. The van der Waals surface area contributed by atoms with Crippen molar-refractivity contribution in [1.29, 1.82) is 0 Å². The van der Waals surface area contributed by atoms with Crippen LogP contribution in [0.4, 0.5) is 0 Å². The Hall–Kier alpha value is -1.36. The monoisotopic (exact) mass is 408 g/mol. The molecule has 0 aromatic heterocycles. The molecule has 0 radical (unpaired) electrons. The number of hydrogen-bond acceptors (Lipinski definition) is 3. The van der Waals surface area contributed by atoms with E-state index in [9.17, 15) is 15.0 Å². The third-order valence-electron chi connectivity index (χ3n) is 5.79. The van der Waals surface area contributed by atoms with Crippen LogP contribution < -0.4 is 0 Å². The molecule has 0 saturated heterocycles. The molecule has 28 heavy (non-hydrogen) atoms. The number of allylic oxidation sites excluding steroid dienone is 2. The fourth-order valence-corrected chi connectivity index (χ4v) is 4.38. The van der Waals surface area contributed by atoms with Crippen molar-refractivity contribution in [3.8, 4) is 0 Å². The lowest BCUT2D eigenvalue weighted by Gasteiger charge is -2.22. The number of aliphatic hydroxyl groups is 2. The third kappa shape index (κ3) is 8.34. The van der Waals surface area contributed by atoms with E-state index in [1.54, 1.807) is 0 Å². The SMILES string of the molecule is O=C(O)CCCC=CC[C@H]1CC[C@@H](O)[C@@H]1CC[C@@H](O)CCc1cccc(Cl)c1. The van der Waals surface area contributed by atoms with Gasteiger partial charge in [-0.2, -0.15) is 0 Å². The van der Waals surface area contributed by atoms with Crippen LogP contribution in [0.2, 0.25) is 5.02 Å². The Bertz CT molecular complexity index is 631. The van der Waals surface area contributed by atoms with Crippen molar-refractivity contribution >= 4 is 17.6 Å². The molecule has 1 aliphatic rings. The van der Waals surface area contributed by atoms with Crippen molar-refractivity contribution in [2.45, 2.75) is 76.4 Å². The van der Waals surface area contributed by atoms with Crippen LogP contribution in [0, 0.1) is 11.8 Å². The zero-order chi connectivity index (χ0) is 20.4. The molecule has 1 saturated carbocycles. The van der Waals surface area contributed by atoms with Crippen molar-refractivity contribution in [1.82, 2.24) is 0 Å². The first kappa shape index (κ1) is 22.9. The Morgan fingerprint density at radius 3 is 2.82 bits per heavy atom. The quantitative estimate of drug-likeness (QED) is 0.336. The number of halogens is 1. The molecule has 3 N–H and O–H groups in total. The smallest absolute Gasteiger partial charge is 0.303 e. The Balaban J connectivity index is 1.69. The maximum absolute atomic E-state index is 10.5.